The van der Waals surface area contributed by atoms with Crippen molar-refractivity contribution in [3.8, 4) is 5.75 Å². The molecule has 2 aromatic rings. The Hall–Kier alpha value is -1.33. The summed E-state index contributed by atoms with van der Waals surface area (Å²) in [5.41, 5.74) is 1.28. The molecule has 0 amide bonds. The van der Waals surface area contributed by atoms with Crippen LogP contribution in [0.3, 0.4) is 0 Å². The highest BCUT2D eigenvalue weighted by molar-refractivity contribution is 7.10. The largest absolute Gasteiger partial charge is 0.496 e. The zero-order valence-electron chi connectivity index (χ0n) is 12.4. The Kier molecular flexibility index (Phi) is 5.61. The molecule has 2 heterocycles. The number of hydrogen-bond donors (Lipinski definition) is 1. The molecule has 4 nitrogen and oxygen atoms in total. The van der Waals surface area contributed by atoms with Gasteiger partial charge >= 0.3 is 0 Å². The van der Waals surface area contributed by atoms with E-state index in [2.05, 4.69) is 28.9 Å². The number of aromatic nitrogens is 2. The molecule has 1 N–H and O–H groups in total. The minimum Gasteiger partial charge on any atom is -0.496 e. The Labute approximate surface area is 124 Å². The first kappa shape index (κ1) is 15.1. The summed E-state index contributed by atoms with van der Waals surface area (Å²) in [6, 6.07) is 2.40. The lowest BCUT2D eigenvalue weighted by molar-refractivity contribution is 0.399. The van der Waals surface area contributed by atoms with E-state index in [9.17, 15) is 0 Å². The third-order valence-corrected chi connectivity index (χ3v) is 4.33. The Bertz CT molecular complexity index is 521. The Balaban J connectivity index is 2.03. The van der Waals surface area contributed by atoms with Gasteiger partial charge in [-0.1, -0.05) is 6.92 Å². The average Bonchev–Trinajstić information content (AvgIpc) is 3.07. The minimum absolute atomic E-state index is 0.352. The highest BCUT2D eigenvalue weighted by atomic mass is 32.1. The Morgan fingerprint density at radius 2 is 2.35 bits per heavy atom. The van der Waals surface area contributed by atoms with Gasteiger partial charge in [-0.05, 0) is 42.8 Å². The van der Waals surface area contributed by atoms with Crippen molar-refractivity contribution in [2.45, 2.75) is 32.2 Å². The van der Waals surface area contributed by atoms with Gasteiger partial charge in [0.25, 0.3) is 0 Å². The molecule has 1 unspecified atom stereocenters. The molecular formula is C15H23N3OS. The van der Waals surface area contributed by atoms with Crippen LogP contribution in [-0.2, 0) is 13.5 Å². The molecule has 2 aromatic heterocycles. The highest BCUT2D eigenvalue weighted by Crippen LogP contribution is 2.33. The van der Waals surface area contributed by atoms with Gasteiger partial charge in [0, 0.05) is 19.3 Å². The second-order valence-corrected chi connectivity index (χ2v) is 5.87. The average molecular weight is 293 g/mol. The van der Waals surface area contributed by atoms with E-state index in [1.807, 2.05) is 24.0 Å². The molecule has 0 aliphatic heterocycles. The van der Waals surface area contributed by atoms with Crippen LogP contribution in [0.1, 0.15) is 36.2 Å². The van der Waals surface area contributed by atoms with Gasteiger partial charge < -0.3 is 10.1 Å². The van der Waals surface area contributed by atoms with Crippen LogP contribution in [0.25, 0.3) is 0 Å². The van der Waals surface area contributed by atoms with Gasteiger partial charge in [0.05, 0.1) is 18.2 Å². The smallest absolute Gasteiger partial charge is 0.134 e. The van der Waals surface area contributed by atoms with Gasteiger partial charge in [-0.25, -0.2) is 0 Å². The van der Waals surface area contributed by atoms with Crippen LogP contribution in [0.15, 0.2) is 23.8 Å². The predicted molar refractivity (Wildman–Crippen MR) is 83.4 cm³/mol. The summed E-state index contributed by atoms with van der Waals surface area (Å²) in [6.45, 7) is 3.22. The Morgan fingerprint density at radius 1 is 1.50 bits per heavy atom. The second-order valence-electron chi connectivity index (χ2n) is 4.92. The van der Waals surface area contributed by atoms with E-state index in [0.717, 1.165) is 31.6 Å². The molecule has 0 saturated heterocycles. The van der Waals surface area contributed by atoms with Crippen molar-refractivity contribution in [3.63, 3.8) is 0 Å². The third-order valence-electron chi connectivity index (χ3n) is 3.31. The van der Waals surface area contributed by atoms with E-state index < -0.39 is 0 Å². The summed E-state index contributed by atoms with van der Waals surface area (Å²) in [5.74, 6) is 0.995. The molecule has 5 heteroatoms. The van der Waals surface area contributed by atoms with Crippen molar-refractivity contribution in [2.24, 2.45) is 7.05 Å². The fourth-order valence-corrected chi connectivity index (χ4v) is 3.26. The number of ether oxygens (including phenoxy) is 1. The highest BCUT2D eigenvalue weighted by Gasteiger charge is 2.17. The summed E-state index contributed by atoms with van der Waals surface area (Å²) in [5, 5.41) is 9.95. The van der Waals surface area contributed by atoms with Crippen molar-refractivity contribution in [2.75, 3.05) is 13.7 Å². The standard InChI is InChI=1S/C15H23N3OS/c1-4-8-16-13(15-14(19-3)7-9-20-15)6-5-12-10-17-18(2)11-12/h7,9-11,13,16H,4-6,8H2,1-3H3. The molecule has 0 spiro atoms. The lowest BCUT2D eigenvalue weighted by atomic mass is 10.1. The van der Waals surface area contributed by atoms with Gasteiger partial charge in [0.1, 0.15) is 5.75 Å². The molecular weight excluding hydrogens is 270 g/mol. The predicted octanol–water partition coefficient (Wildman–Crippen LogP) is 3.16. The molecule has 0 radical (unpaired) electrons. The van der Waals surface area contributed by atoms with Gasteiger partial charge in [-0.3, -0.25) is 4.68 Å². The van der Waals surface area contributed by atoms with Crippen LogP contribution in [0.2, 0.25) is 0 Å². The first-order valence-corrected chi connectivity index (χ1v) is 7.94. The number of nitrogens with zero attached hydrogens (tertiary/aromatic N) is 2. The van der Waals surface area contributed by atoms with E-state index in [4.69, 9.17) is 4.74 Å². The fourth-order valence-electron chi connectivity index (χ4n) is 2.29. The third kappa shape index (κ3) is 3.84. The first-order chi connectivity index (χ1) is 9.74. The monoisotopic (exact) mass is 293 g/mol. The fraction of sp³-hybridized carbons (Fsp3) is 0.533. The van der Waals surface area contributed by atoms with Crippen molar-refractivity contribution < 1.29 is 4.74 Å². The van der Waals surface area contributed by atoms with Crippen molar-refractivity contribution >= 4 is 11.3 Å². The van der Waals surface area contributed by atoms with E-state index >= 15 is 0 Å². The maximum Gasteiger partial charge on any atom is 0.134 e. The first-order valence-electron chi connectivity index (χ1n) is 7.06. The zero-order valence-corrected chi connectivity index (χ0v) is 13.2. The number of methoxy groups -OCH3 is 1. The molecule has 0 aliphatic carbocycles. The molecule has 0 aromatic carbocycles. The lowest BCUT2D eigenvalue weighted by Gasteiger charge is -2.18. The SMILES string of the molecule is CCCNC(CCc1cnn(C)c1)c1sccc1OC. The van der Waals surface area contributed by atoms with Crippen molar-refractivity contribution in [1.82, 2.24) is 15.1 Å². The van der Waals surface area contributed by atoms with Gasteiger partial charge in [-0.15, -0.1) is 11.3 Å². The molecule has 2 rings (SSSR count). The van der Waals surface area contributed by atoms with Crippen LogP contribution in [0.5, 0.6) is 5.75 Å². The van der Waals surface area contributed by atoms with Gasteiger partial charge in [-0.2, -0.15) is 5.10 Å². The summed E-state index contributed by atoms with van der Waals surface area (Å²) < 4.78 is 7.31. The van der Waals surface area contributed by atoms with E-state index in [-0.39, 0.29) is 0 Å². The molecule has 0 bridgehead atoms. The van der Waals surface area contributed by atoms with Crippen molar-refractivity contribution in [1.29, 1.82) is 0 Å². The molecule has 20 heavy (non-hydrogen) atoms. The summed E-state index contributed by atoms with van der Waals surface area (Å²) in [4.78, 5) is 1.30. The second kappa shape index (κ2) is 7.45. The van der Waals surface area contributed by atoms with Crippen LogP contribution in [-0.4, -0.2) is 23.4 Å². The Morgan fingerprint density at radius 3 is 3.00 bits per heavy atom. The number of rotatable bonds is 8. The van der Waals surface area contributed by atoms with Crippen LogP contribution in [0.4, 0.5) is 0 Å². The number of hydrogen-bond acceptors (Lipinski definition) is 4. The summed E-state index contributed by atoms with van der Waals surface area (Å²) in [6.07, 6.45) is 7.25. The van der Waals surface area contributed by atoms with Crippen LogP contribution in [0, 0.1) is 0 Å². The lowest BCUT2D eigenvalue weighted by Crippen LogP contribution is -2.22. The minimum atomic E-state index is 0.352. The van der Waals surface area contributed by atoms with E-state index in [1.54, 1.807) is 18.4 Å². The van der Waals surface area contributed by atoms with Gasteiger partial charge in [0.2, 0.25) is 0 Å². The van der Waals surface area contributed by atoms with Gasteiger partial charge in [0.15, 0.2) is 0 Å². The molecule has 110 valence electrons. The van der Waals surface area contributed by atoms with E-state index in [0.29, 0.717) is 6.04 Å². The van der Waals surface area contributed by atoms with E-state index in [1.165, 1.54) is 10.4 Å². The van der Waals surface area contributed by atoms with Crippen LogP contribution < -0.4 is 10.1 Å². The molecule has 0 aliphatic rings. The number of nitrogens with one attached hydrogen (secondary N) is 1. The van der Waals surface area contributed by atoms with Crippen molar-refractivity contribution in [3.05, 3.63) is 34.3 Å². The normalized spacial score (nSPS) is 12.6. The molecule has 0 saturated carbocycles. The molecule has 1 atom stereocenters. The van der Waals surface area contributed by atoms with Crippen LogP contribution >= 0.6 is 11.3 Å². The molecule has 0 fully saturated rings. The topological polar surface area (TPSA) is 39.1 Å². The summed E-state index contributed by atoms with van der Waals surface area (Å²) >= 11 is 1.76. The number of thiophene rings is 1. The quantitative estimate of drug-likeness (QED) is 0.812. The zero-order chi connectivity index (χ0) is 14.4. The summed E-state index contributed by atoms with van der Waals surface area (Å²) in [7, 11) is 3.70. The maximum atomic E-state index is 5.46. The maximum absolute atomic E-state index is 5.46. The number of aryl methyl sites for hydroxylation is 2.